The summed E-state index contributed by atoms with van der Waals surface area (Å²) in [7, 11) is 0. The number of hydrogen-bond donors (Lipinski definition) is 2. The van der Waals surface area contributed by atoms with Gasteiger partial charge in [0.2, 0.25) is 0 Å². The number of fused-ring (bicyclic) bond motifs is 1. The van der Waals surface area contributed by atoms with Crippen molar-refractivity contribution in [1.29, 1.82) is 0 Å². The summed E-state index contributed by atoms with van der Waals surface area (Å²) in [5.74, 6) is 1.42. The Bertz CT molecular complexity index is 838. The number of rotatable bonds is 4. The van der Waals surface area contributed by atoms with Gasteiger partial charge in [0.15, 0.2) is 5.65 Å². The van der Waals surface area contributed by atoms with Crippen molar-refractivity contribution < 1.29 is 4.39 Å². The number of aryl methyl sites for hydroxylation is 1. The van der Waals surface area contributed by atoms with Crippen molar-refractivity contribution in [2.75, 3.05) is 10.6 Å². The molecule has 0 spiro atoms. The van der Waals surface area contributed by atoms with Crippen molar-refractivity contribution in [3.8, 4) is 0 Å². The van der Waals surface area contributed by atoms with E-state index in [-0.39, 0.29) is 5.82 Å². The minimum Gasteiger partial charge on any atom is -0.367 e. The number of nitrogens with one attached hydrogen (secondary N) is 2. The van der Waals surface area contributed by atoms with Crippen molar-refractivity contribution in [3.63, 3.8) is 0 Å². The molecule has 1 aromatic carbocycles. The predicted molar refractivity (Wildman–Crippen MR) is 84.1 cm³/mol. The molecule has 0 atom stereocenters. The van der Waals surface area contributed by atoms with Gasteiger partial charge in [0.1, 0.15) is 17.5 Å². The second-order valence-electron chi connectivity index (χ2n) is 5.64. The number of benzene rings is 1. The molecule has 1 saturated carbocycles. The maximum Gasteiger partial charge on any atom is 0.159 e. The summed E-state index contributed by atoms with van der Waals surface area (Å²) in [6.07, 6.45) is 4.10. The molecular weight excluding hydrogens is 281 g/mol. The zero-order valence-electron chi connectivity index (χ0n) is 12.2. The van der Waals surface area contributed by atoms with Crippen LogP contribution in [0.15, 0.2) is 36.5 Å². The van der Waals surface area contributed by atoms with E-state index in [4.69, 9.17) is 0 Å². The Morgan fingerprint density at radius 1 is 1.23 bits per heavy atom. The van der Waals surface area contributed by atoms with E-state index in [1.807, 2.05) is 12.1 Å². The molecule has 5 nitrogen and oxygen atoms in total. The zero-order valence-corrected chi connectivity index (χ0v) is 12.2. The highest BCUT2D eigenvalue weighted by molar-refractivity contribution is 5.64. The fourth-order valence-electron chi connectivity index (χ4n) is 2.39. The van der Waals surface area contributed by atoms with E-state index < -0.39 is 0 Å². The van der Waals surface area contributed by atoms with E-state index in [0.717, 1.165) is 17.2 Å². The van der Waals surface area contributed by atoms with E-state index in [9.17, 15) is 4.39 Å². The summed E-state index contributed by atoms with van der Waals surface area (Å²) >= 11 is 0. The molecule has 2 aromatic heterocycles. The lowest BCUT2D eigenvalue weighted by atomic mass is 10.2. The van der Waals surface area contributed by atoms with Crippen LogP contribution in [-0.2, 0) is 0 Å². The minimum absolute atomic E-state index is 0.208. The molecule has 2 heterocycles. The average Bonchev–Trinajstić information content (AvgIpc) is 3.17. The van der Waals surface area contributed by atoms with Crippen LogP contribution in [0.1, 0.15) is 18.4 Å². The molecule has 0 amide bonds. The van der Waals surface area contributed by atoms with Crippen molar-refractivity contribution >= 4 is 23.0 Å². The third-order valence-electron chi connectivity index (χ3n) is 3.72. The summed E-state index contributed by atoms with van der Waals surface area (Å²) in [4.78, 5) is 4.53. The first kappa shape index (κ1) is 13.1. The van der Waals surface area contributed by atoms with Gasteiger partial charge >= 0.3 is 0 Å². The molecule has 4 rings (SSSR count). The Morgan fingerprint density at radius 2 is 2.09 bits per heavy atom. The SMILES string of the molecule is Cc1cc(Nc2cc(NC3CC3)n3nccc3n2)ccc1F. The van der Waals surface area contributed by atoms with E-state index in [0.29, 0.717) is 17.4 Å². The number of aromatic nitrogens is 3. The second kappa shape index (κ2) is 4.98. The average molecular weight is 297 g/mol. The van der Waals surface area contributed by atoms with Gasteiger partial charge in [-0.05, 0) is 43.5 Å². The van der Waals surface area contributed by atoms with Crippen molar-refractivity contribution in [3.05, 3.63) is 47.9 Å². The van der Waals surface area contributed by atoms with Crippen LogP contribution in [0.25, 0.3) is 5.65 Å². The molecule has 6 heteroatoms. The maximum atomic E-state index is 13.4. The monoisotopic (exact) mass is 297 g/mol. The largest absolute Gasteiger partial charge is 0.367 e. The Balaban J connectivity index is 1.69. The van der Waals surface area contributed by atoms with Gasteiger partial charge in [-0.1, -0.05) is 0 Å². The molecule has 0 saturated heterocycles. The minimum atomic E-state index is -0.208. The zero-order chi connectivity index (χ0) is 15.1. The van der Waals surface area contributed by atoms with Crippen LogP contribution in [-0.4, -0.2) is 20.6 Å². The quantitative estimate of drug-likeness (QED) is 0.774. The molecule has 0 bridgehead atoms. The molecule has 22 heavy (non-hydrogen) atoms. The van der Waals surface area contributed by atoms with Gasteiger partial charge in [-0.25, -0.2) is 9.37 Å². The van der Waals surface area contributed by atoms with E-state index in [2.05, 4.69) is 20.7 Å². The number of halogens is 1. The van der Waals surface area contributed by atoms with E-state index in [1.54, 1.807) is 29.8 Å². The van der Waals surface area contributed by atoms with Crippen molar-refractivity contribution in [2.45, 2.75) is 25.8 Å². The highest BCUT2D eigenvalue weighted by atomic mass is 19.1. The lowest BCUT2D eigenvalue weighted by Gasteiger charge is -2.11. The summed E-state index contributed by atoms with van der Waals surface area (Å²) in [6.45, 7) is 1.74. The van der Waals surface area contributed by atoms with Crippen molar-refractivity contribution in [1.82, 2.24) is 14.6 Å². The molecule has 112 valence electrons. The first-order valence-electron chi connectivity index (χ1n) is 7.33. The van der Waals surface area contributed by atoms with Gasteiger partial charge in [0.05, 0.1) is 6.20 Å². The fraction of sp³-hybridized carbons (Fsp3) is 0.250. The Morgan fingerprint density at radius 3 is 2.86 bits per heavy atom. The third-order valence-corrected chi connectivity index (χ3v) is 3.72. The normalized spacial score (nSPS) is 14.3. The number of nitrogens with zero attached hydrogens (tertiary/aromatic N) is 3. The molecule has 3 aromatic rings. The van der Waals surface area contributed by atoms with Crippen LogP contribution in [0.3, 0.4) is 0 Å². The Hall–Kier alpha value is -2.63. The standard InChI is InChI=1S/C16H16FN5/c1-10-8-12(4-5-13(10)17)19-14-9-16(20-11-2-3-11)22-15(21-14)6-7-18-22/h4-9,11,20H,2-3H2,1H3,(H,19,21). The first-order chi connectivity index (χ1) is 10.7. The molecule has 0 unspecified atom stereocenters. The summed E-state index contributed by atoms with van der Waals surface area (Å²) in [5, 5.41) is 11.0. The van der Waals surface area contributed by atoms with Crippen LogP contribution in [0.4, 0.5) is 21.7 Å². The molecule has 1 aliphatic carbocycles. The lowest BCUT2D eigenvalue weighted by molar-refractivity contribution is 0.619. The van der Waals surface area contributed by atoms with Gasteiger partial charge in [-0.2, -0.15) is 9.61 Å². The fourth-order valence-corrected chi connectivity index (χ4v) is 2.39. The molecule has 0 radical (unpaired) electrons. The summed E-state index contributed by atoms with van der Waals surface area (Å²) in [6, 6.07) is 9.24. The van der Waals surface area contributed by atoms with Gasteiger partial charge < -0.3 is 10.6 Å². The van der Waals surface area contributed by atoms with Crippen LogP contribution < -0.4 is 10.6 Å². The van der Waals surface area contributed by atoms with Crippen LogP contribution in [0.5, 0.6) is 0 Å². The number of hydrogen-bond acceptors (Lipinski definition) is 4. The van der Waals surface area contributed by atoms with Gasteiger partial charge in [-0.3, -0.25) is 0 Å². The topological polar surface area (TPSA) is 54.2 Å². The maximum absolute atomic E-state index is 13.4. The summed E-state index contributed by atoms with van der Waals surface area (Å²) in [5.41, 5.74) is 2.19. The Kier molecular flexibility index (Phi) is 2.96. The smallest absolute Gasteiger partial charge is 0.159 e. The second-order valence-corrected chi connectivity index (χ2v) is 5.64. The van der Waals surface area contributed by atoms with Crippen molar-refractivity contribution in [2.24, 2.45) is 0 Å². The van der Waals surface area contributed by atoms with E-state index >= 15 is 0 Å². The predicted octanol–water partition coefficient (Wildman–Crippen LogP) is 3.49. The van der Waals surface area contributed by atoms with E-state index in [1.165, 1.54) is 18.9 Å². The molecule has 1 aliphatic rings. The number of anilines is 3. The molecule has 1 fully saturated rings. The molecule has 2 N–H and O–H groups in total. The van der Waals surface area contributed by atoms with Crippen LogP contribution in [0.2, 0.25) is 0 Å². The van der Waals surface area contributed by atoms with Crippen LogP contribution in [0, 0.1) is 12.7 Å². The van der Waals surface area contributed by atoms with Gasteiger partial charge in [0, 0.05) is 23.9 Å². The summed E-state index contributed by atoms with van der Waals surface area (Å²) < 4.78 is 15.1. The van der Waals surface area contributed by atoms with Crippen LogP contribution >= 0.6 is 0 Å². The highest BCUT2D eigenvalue weighted by Crippen LogP contribution is 2.27. The molecule has 0 aliphatic heterocycles. The molecular formula is C16H16FN5. The third kappa shape index (κ3) is 2.47. The Labute approximate surface area is 127 Å². The highest BCUT2D eigenvalue weighted by Gasteiger charge is 2.22. The first-order valence-corrected chi connectivity index (χ1v) is 7.33. The van der Waals surface area contributed by atoms with Gasteiger partial charge in [0.25, 0.3) is 0 Å². The van der Waals surface area contributed by atoms with Gasteiger partial charge in [-0.15, -0.1) is 0 Å². The lowest BCUT2D eigenvalue weighted by Crippen LogP contribution is -2.08.